The minimum absolute atomic E-state index is 1.15. The molecule has 0 aliphatic heterocycles. The SMILES string of the molecule is OCc1c(F)c(F)c(O)c(F)c1F. The summed E-state index contributed by atoms with van der Waals surface area (Å²) < 4.78 is 50.2. The minimum Gasteiger partial charge on any atom is -0.503 e. The molecule has 6 heteroatoms. The third-order valence-electron chi connectivity index (χ3n) is 1.49. The van der Waals surface area contributed by atoms with Crippen molar-refractivity contribution < 1.29 is 27.8 Å². The first kappa shape index (κ1) is 9.79. The first-order chi connectivity index (χ1) is 6.00. The van der Waals surface area contributed by atoms with Crippen LogP contribution in [0.3, 0.4) is 0 Å². The third-order valence-corrected chi connectivity index (χ3v) is 1.49. The van der Waals surface area contributed by atoms with Gasteiger partial charge in [0.05, 0.1) is 12.2 Å². The molecule has 0 bridgehead atoms. The third kappa shape index (κ3) is 1.33. The van der Waals surface area contributed by atoms with Crippen LogP contribution < -0.4 is 0 Å². The van der Waals surface area contributed by atoms with Gasteiger partial charge in [0.1, 0.15) is 0 Å². The molecule has 0 unspecified atom stereocenters. The first-order valence-electron chi connectivity index (χ1n) is 3.15. The van der Waals surface area contributed by atoms with E-state index < -0.39 is 41.2 Å². The van der Waals surface area contributed by atoms with Gasteiger partial charge in [-0.25, -0.2) is 8.78 Å². The standard InChI is InChI=1S/C7H4F4O2/c8-3-2(1-12)4(9)6(11)7(13)5(3)10/h12-13H,1H2. The largest absolute Gasteiger partial charge is 0.503 e. The fourth-order valence-electron chi connectivity index (χ4n) is 0.804. The van der Waals surface area contributed by atoms with Gasteiger partial charge in [0, 0.05) is 0 Å². The van der Waals surface area contributed by atoms with Crippen LogP contribution in [-0.4, -0.2) is 10.2 Å². The quantitative estimate of drug-likeness (QED) is 0.527. The van der Waals surface area contributed by atoms with Crippen molar-refractivity contribution in [2.45, 2.75) is 6.61 Å². The number of aliphatic hydroxyl groups excluding tert-OH is 1. The number of halogens is 4. The minimum atomic E-state index is -1.91. The number of phenolic OH excluding ortho intramolecular Hbond substituents is 1. The zero-order valence-electron chi connectivity index (χ0n) is 6.11. The monoisotopic (exact) mass is 196 g/mol. The van der Waals surface area contributed by atoms with Crippen molar-refractivity contribution in [3.63, 3.8) is 0 Å². The summed E-state index contributed by atoms with van der Waals surface area (Å²) in [7, 11) is 0. The van der Waals surface area contributed by atoms with E-state index in [2.05, 4.69) is 0 Å². The summed E-state index contributed by atoms with van der Waals surface area (Å²) in [6.45, 7) is -1.19. The highest BCUT2D eigenvalue weighted by molar-refractivity contribution is 5.32. The molecular formula is C7H4F4O2. The van der Waals surface area contributed by atoms with E-state index in [-0.39, 0.29) is 0 Å². The number of hydrogen-bond acceptors (Lipinski definition) is 2. The van der Waals surface area contributed by atoms with Gasteiger partial charge in [0.15, 0.2) is 17.4 Å². The van der Waals surface area contributed by atoms with Gasteiger partial charge in [-0.1, -0.05) is 0 Å². The van der Waals surface area contributed by atoms with Crippen LogP contribution in [0.15, 0.2) is 0 Å². The molecule has 1 aromatic carbocycles. The van der Waals surface area contributed by atoms with Gasteiger partial charge in [-0.2, -0.15) is 8.78 Å². The predicted octanol–water partition coefficient (Wildman–Crippen LogP) is 1.44. The topological polar surface area (TPSA) is 40.5 Å². The molecule has 0 radical (unpaired) electrons. The number of aromatic hydroxyl groups is 1. The van der Waals surface area contributed by atoms with Crippen LogP contribution in [0.4, 0.5) is 17.6 Å². The molecule has 0 aromatic heterocycles. The second-order valence-electron chi connectivity index (χ2n) is 2.24. The van der Waals surface area contributed by atoms with E-state index in [4.69, 9.17) is 10.2 Å². The van der Waals surface area contributed by atoms with Gasteiger partial charge in [-0.15, -0.1) is 0 Å². The molecule has 0 spiro atoms. The Morgan fingerprint density at radius 1 is 0.846 bits per heavy atom. The van der Waals surface area contributed by atoms with Gasteiger partial charge in [0.2, 0.25) is 11.6 Å². The smallest absolute Gasteiger partial charge is 0.204 e. The van der Waals surface area contributed by atoms with E-state index in [1.165, 1.54) is 0 Å². The lowest BCUT2D eigenvalue weighted by Crippen LogP contribution is -2.03. The highest BCUT2D eigenvalue weighted by Gasteiger charge is 2.24. The summed E-state index contributed by atoms with van der Waals surface area (Å²) in [6, 6.07) is 0. The molecule has 0 atom stereocenters. The van der Waals surface area contributed by atoms with Crippen LogP contribution in [0.1, 0.15) is 5.56 Å². The van der Waals surface area contributed by atoms with Crippen LogP contribution in [0.5, 0.6) is 5.75 Å². The van der Waals surface area contributed by atoms with Crippen molar-refractivity contribution in [2.75, 3.05) is 0 Å². The molecule has 0 amide bonds. The number of rotatable bonds is 1. The van der Waals surface area contributed by atoms with Gasteiger partial charge < -0.3 is 10.2 Å². The molecule has 13 heavy (non-hydrogen) atoms. The number of hydrogen-bond donors (Lipinski definition) is 2. The maximum atomic E-state index is 12.6. The van der Waals surface area contributed by atoms with Crippen LogP contribution in [-0.2, 0) is 6.61 Å². The molecule has 2 N–H and O–H groups in total. The molecular weight excluding hydrogens is 192 g/mol. The lowest BCUT2D eigenvalue weighted by molar-refractivity contribution is 0.258. The average molecular weight is 196 g/mol. The zero-order chi connectivity index (χ0) is 10.2. The second kappa shape index (κ2) is 3.21. The molecule has 1 rings (SSSR count). The Morgan fingerprint density at radius 3 is 1.54 bits per heavy atom. The molecule has 0 aliphatic carbocycles. The first-order valence-corrected chi connectivity index (χ1v) is 3.15. The van der Waals surface area contributed by atoms with E-state index in [9.17, 15) is 17.6 Å². The van der Waals surface area contributed by atoms with Crippen LogP contribution >= 0.6 is 0 Å². The predicted molar refractivity (Wildman–Crippen MR) is 33.9 cm³/mol. The van der Waals surface area contributed by atoms with Gasteiger partial charge in [-0.3, -0.25) is 0 Å². The summed E-state index contributed by atoms with van der Waals surface area (Å²) in [4.78, 5) is 0. The van der Waals surface area contributed by atoms with Crippen molar-refractivity contribution in [3.05, 3.63) is 28.8 Å². The molecule has 0 saturated carbocycles. The maximum Gasteiger partial charge on any atom is 0.204 e. The maximum absolute atomic E-state index is 12.6. The fourth-order valence-corrected chi connectivity index (χ4v) is 0.804. The lowest BCUT2D eigenvalue weighted by atomic mass is 10.2. The number of benzene rings is 1. The van der Waals surface area contributed by atoms with E-state index in [0.29, 0.717) is 0 Å². The van der Waals surface area contributed by atoms with Gasteiger partial charge in [0.25, 0.3) is 0 Å². The normalized spacial score (nSPS) is 10.5. The zero-order valence-corrected chi connectivity index (χ0v) is 6.11. The van der Waals surface area contributed by atoms with Crippen molar-refractivity contribution in [1.29, 1.82) is 0 Å². The van der Waals surface area contributed by atoms with Gasteiger partial charge >= 0.3 is 0 Å². The Bertz CT molecular complexity index is 322. The molecule has 1 aromatic rings. The van der Waals surface area contributed by atoms with Crippen molar-refractivity contribution in [2.24, 2.45) is 0 Å². The molecule has 0 aliphatic rings. The summed E-state index contributed by atoms with van der Waals surface area (Å²) in [6.07, 6.45) is 0. The Labute approximate surface area is 70.0 Å². The Balaban J connectivity index is 3.56. The Hall–Kier alpha value is -1.30. The van der Waals surface area contributed by atoms with E-state index >= 15 is 0 Å². The molecule has 0 heterocycles. The van der Waals surface area contributed by atoms with Crippen molar-refractivity contribution >= 4 is 0 Å². The number of phenols is 1. The van der Waals surface area contributed by atoms with E-state index in [0.717, 1.165) is 0 Å². The van der Waals surface area contributed by atoms with Crippen LogP contribution in [0, 0.1) is 23.3 Å². The molecule has 72 valence electrons. The average Bonchev–Trinajstić information content (AvgIpc) is 2.13. The summed E-state index contributed by atoms with van der Waals surface area (Å²) in [5.41, 5.74) is -1.15. The van der Waals surface area contributed by atoms with Crippen molar-refractivity contribution in [3.8, 4) is 5.75 Å². The highest BCUT2D eigenvalue weighted by atomic mass is 19.2. The Kier molecular flexibility index (Phi) is 2.42. The Morgan fingerprint density at radius 2 is 1.23 bits per heavy atom. The lowest BCUT2D eigenvalue weighted by Gasteiger charge is -2.05. The van der Waals surface area contributed by atoms with Crippen molar-refractivity contribution in [1.82, 2.24) is 0 Å². The summed E-state index contributed by atoms with van der Waals surface area (Å²) >= 11 is 0. The second-order valence-corrected chi connectivity index (χ2v) is 2.24. The molecule has 0 fully saturated rings. The van der Waals surface area contributed by atoms with E-state index in [1.807, 2.05) is 0 Å². The van der Waals surface area contributed by atoms with E-state index in [1.54, 1.807) is 0 Å². The number of aliphatic hydroxyl groups is 1. The van der Waals surface area contributed by atoms with Gasteiger partial charge in [-0.05, 0) is 0 Å². The fraction of sp³-hybridized carbons (Fsp3) is 0.143. The highest BCUT2D eigenvalue weighted by Crippen LogP contribution is 2.28. The molecule has 0 saturated heterocycles. The van der Waals surface area contributed by atoms with Crippen LogP contribution in [0.2, 0.25) is 0 Å². The summed E-state index contributed by atoms with van der Waals surface area (Å²) in [5.74, 6) is -9.14. The van der Waals surface area contributed by atoms with Crippen LogP contribution in [0.25, 0.3) is 0 Å². The molecule has 2 nitrogen and oxygen atoms in total. The summed E-state index contributed by atoms with van der Waals surface area (Å²) in [5, 5.41) is 16.8.